The van der Waals surface area contributed by atoms with Gasteiger partial charge in [0.25, 0.3) is 0 Å². The Labute approximate surface area is 239 Å². The summed E-state index contributed by atoms with van der Waals surface area (Å²) in [4.78, 5) is 31.2. The summed E-state index contributed by atoms with van der Waals surface area (Å²) in [6, 6.07) is 35.9. The number of urea groups is 2. The molecule has 1 atom stereocenters. The quantitative estimate of drug-likeness (QED) is 0.172. The van der Waals surface area contributed by atoms with Crippen LogP contribution in [0.25, 0.3) is 21.5 Å². The first-order valence-electron chi connectivity index (χ1n) is 13.8. The van der Waals surface area contributed by atoms with E-state index in [1.165, 1.54) is 0 Å². The van der Waals surface area contributed by atoms with Crippen molar-refractivity contribution in [3.05, 3.63) is 121 Å². The van der Waals surface area contributed by atoms with E-state index in [0.29, 0.717) is 29.4 Å². The van der Waals surface area contributed by atoms with Crippen molar-refractivity contribution in [3.63, 3.8) is 0 Å². The maximum Gasteiger partial charge on any atom is 0.347 e. The van der Waals surface area contributed by atoms with Gasteiger partial charge < -0.3 is 10.2 Å². The number of carbonyl (C=O) groups excluding carboxylic acids is 2. The molecular weight excluding hydrogens is 512 g/mol. The molecule has 1 fully saturated rings. The summed E-state index contributed by atoms with van der Waals surface area (Å²) in [6.45, 7) is 4.20. The highest BCUT2D eigenvalue weighted by molar-refractivity contribution is 6.06. The molecule has 6 rings (SSSR count). The molecular formula is C34H32N4O3. The van der Waals surface area contributed by atoms with Crippen LogP contribution in [0.2, 0.25) is 0 Å². The van der Waals surface area contributed by atoms with Crippen LogP contribution < -0.4 is 10.2 Å². The molecule has 0 spiro atoms. The summed E-state index contributed by atoms with van der Waals surface area (Å²) in [6.07, 6.45) is -0.369. The molecule has 0 unspecified atom stereocenters. The minimum Gasteiger partial charge on any atom is -0.315 e. The minimum atomic E-state index is -1.01. The zero-order valence-electron chi connectivity index (χ0n) is 23.1. The first-order valence-corrected chi connectivity index (χ1v) is 13.8. The topological polar surface area (TPSA) is 76.1 Å². The number of hydroxylamine groups is 2. The normalized spacial score (nSPS) is 16.4. The van der Waals surface area contributed by atoms with Crippen molar-refractivity contribution in [3.8, 4) is 0 Å². The Morgan fingerprint density at radius 1 is 0.805 bits per heavy atom. The summed E-state index contributed by atoms with van der Waals surface area (Å²) < 4.78 is 0. The van der Waals surface area contributed by atoms with E-state index in [1.807, 2.05) is 123 Å². The van der Waals surface area contributed by atoms with Gasteiger partial charge in [-0.05, 0) is 48.7 Å². The van der Waals surface area contributed by atoms with E-state index in [4.69, 9.17) is 0 Å². The summed E-state index contributed by atoms with van der Waals surface area (Å²) in [7, 11) is 0. The van der Waals surface area contributed by atoms with Crippen molar-refractivity contribution in [2.75, 3.05) is 16.8 Å². The molecule has 1 saturated heterocycles. The van der Waals surface area contributed by atoms with Crippen molar-refractivity contribution in [1.29, 1.82) is 0 Å². The van der Waals surface area contributed by atoms with Crippen LogP contribution in [0, 0.1) is 0 Å². The fourth-order valence-electron chi connectivity index (χ4n) is 5.89. The minimum absolute atomic E-state index is 0.274. The fourth-order valence-corrected chi connectivity index (χ4v) is 5.89. The molecule has 0 bridgehead atoms. The second kappa shape index (κ2) is 10.6. The molecule has 7 nitrogen and oxygen atoms in total. The van der Waals surface area contributed by atoms with Crippen LogP contribution in [-0.4, -0.2) is 45.5 Å². The predicted molar refractivity (Wildman–Crippen MR) is 163 cm³/mol. The highest BCUT2D eigenvalue weighted by Gasteiger charge is 2.56. The lowest BCUT2D eigenvalue weighted by Gasteiger charge is -2.38. The first kappa shape index (κ1) is 26.3. The van der Waals surface area contributed by atoms with Gasteiger partial charge in [0.15, 0.2) is 6.17 Å². The SMILES string of the molecule is CC1(C)[C@@H](N(O)C(=O)Nc2cccc3ccccc23)N(c2cccc3ccccc23)C(=O)N1CCc1ccccc1. The molecule has 1 heterocycles. The van der Waals surface area contributed by atoms with Crippen molar-refractivity contribution < 1.29 is 14.8 Å². The maximum absolute atomic E-state index is 14.2. The molecule has 0 saturated carbocycles. The molecule has 7 heteroatoms. The number of amides is 4. The third-order valence-electron chi connectivity index (χ3n) is 7.97. The Hall–Kier alpha value is -4.88. The predicted octanol–water partition coefficient (Wildman–Crippen LogP) is 7.51. The smallest absolute Gasteiger partial charge is 0.315 e. The highest BCUT2D eigenvalue weighted by atomic mass is 16.5. The van der Waals surface area contributed by atoms with E-state index in [9.17, 15) is 14.8 Å². The van der Waals surface area contributed by atoms with Crippen LogP contribution in [-0.2, 0) is 6.42 Å². The third kappa shape index (κ3) is 4.74. The molecule has 4 amide bonds. The molecule has 5 aromatic rings. The van der Waals surface area contributed by atoms with Gasteiger partial charge in [-0.15, -0.1) is 0 Å². The highest BCUT2D eigenvalue weighted by Crippen LogP contribution is 2.40. The molecule has 1 aliphatic rings. The van der Waals surface area contributed by atoms with Gasteiger partial charge in [-0.3, -0.25) is 10.1 Å². The van der Waals surface area contributed by atoms with Gasteiger partial charge in [0.1, 0.15) is 0 Å². The van der Waals surface area contributed by atoms with Gasteiger partial charge in [-0.25, -0.2) is 9.59 Å². The van der Waals surface area contributed by atoms with Gasteiger partial charge in [-0.2, -0.15) is 5.06 Å². The number of rotatable bonds is 6. The Morgan fingerprint density at radius 3 is 2.12 bits per heavy atom. The van der Waals surface area contributed by atoms with Crippen LogP contribution in [0.4, 0.5) is 21.0 Å². The Morgan fingerprint density at radius 2 is 1.39 bits per heavy atom. The second-order valence-electron chi connectivity index (χ2n) is 10.9. The van der Waals surface area contributed by atoms with Gasteiger partial charge in [-0.1, -0.05) is 103 Å². The third-order valence-corrected chi connectivity index (χ3v) is 7.97. The number of hydrogen-bond acceptors (Lipinski definition) is 3. The number of hydrogen-bond donors (Lipinski definition) is 2. The summed E-state index contributed by atoms with van der Waals surface area (Å²) >= 11 is 0. The number of benzene rings is 5. The number of anilines is 2. The zero-order valence-corrected chi connectivity index (χ0v) is 23.1. The van der Waals surface area contributed by atoms with E-state index in [-0.39, 0.29) is 6.03 Å². The van der Waals surface area contributed by atoms with Gasteiger partial charge in [0.05, 0.1) is 16.9 Å². The Balaban J connectivity index is 1.39. The summed E-state index contributed by atoms with van der Waals surface area (Å²) in [5, 5.41) is 18.8. The van der Waals surface area contributed by atoms with Crippen LogP contribution in [0.15, 0.2) is 115 Å². The van der Waals surface area contributed by atoms with E-state index in [1.54, 1.807) is 15.9 Å². The first-order chi connectivity index (χ1) is 19.9. The number of nitrogens with zero attached hydrogens (tertiary/aromatic N) is 3. The van der Waals surface area contributed by atoms with E-state index in [0.717, 1.165) is 27.1 Å². The van der Waals surface area contributed by atoms with Crippen molar-refractivity contribution in [2.24, 2.45) is 0 Å². The van der Waals surface area contributed by atoms with E-state index < -0.39 is 17.7 Å². The van der Waals surface area contributed by atoms with Crippen LogP contribution in [0.1, 0.15) is 19.4 Å². The molecule has 0 aliphatic carbocycles. The Kier molecular flexibility index (Phi) is 6.81. The number of carbonyl (C=O) groups is 2. The van der Waals surface area contributed by atoms with Gasteiger partial charge in [0.2, 0.25) is 0 Å². The average Bonchev–Trinajstić information content (AvgIpc) is 3.19. The lowest BCUT2D eigenvalue weighted by atomic mass is 9.98. The molecule has 2 N–H and O–H groups in total. The largest absolute Gasteiger partial charge is 0.347 e. The number of fused-ring (bicyclic) bond motifs is 2. The lowest BCUT2D eigenvalue weighted by Crippen LogP contribution is -2.58. The van der Waals surface area contributed by atoms with Crippen LogP contribution in [0.3, 0.4) is 0 Å². The van der Waals surface area contributed by atoms with Gasteiger partial charge >= 0.3 is 12.1 Å². The molecule has 0 radical (unpaired) electrons. The lowest BCUT2D eigenvalue weighted by molar-refractivity contribution is -0.0947. The molecule has 41 heavy (non-hydrogen) atoms. The second-order valence-corrected chi connectivity index (χ2v) is 10.9. The molecule has 206 valence electrons. The van der Waals surface area contributed by atoms with Crippen molar-refractivity contribution in [2.45, 2.75) is 32.0 Å². The van der Waals surface area contributed by atoms with Gasteiger partial charge in [0, 0.05) is 17.3 Å². The molecule has 0 aromatic heterocycles. The Bertz CT molecular complexity index is 1730. The average molecular weight is 545 g/mol. The van der Waals surface area contributed by atoms with Crippen LogP contribution >= 0.6 is 0 Å². The van der Waals surface area contributed by atoms with E-state index in [2.05, 4.69) is 5.32 Å². The van der Waals surface area contributed by atoms with E-state index >= 15 is 0 Å². The van der Waals surface area contributed by atoms with Crippen molar-refractivity contribution in [1.82, 2.24) is 9.96 Å². The van der Waals surface area contributed by atoms with Crippen LogP contribution in [0.5, 0.6) is 0 Å². The standard InChI is InChI=1S/C34H32N4O3/c1-34(2)31(38(41)32(39)35-29-20-10-16-25-14-6-8-18-27(25)29)37(30-21-11-17-26-15-7-9-19-28(26)30)33(40)36(34)23-22-24-12-4-3-5-13-24/h3-21,31,41H,22-23H2,1-2H3,(H,35,39)/t31-/m1/s1. The van der Waals surface area contributed by atoms with Crippen molar-refractivity contribution >= 4 is 45.0 Å². The molecule has 5 aromatic carbocycles. The fraction of sp³-hybridized carbons (Fsp3) is 0.176. The maximum atomic E-state index is 14.2. The zero-order chi connectivity index (χ0) is 28.6. The molecule has 1 aliphatic heterocycles. The summed E-state index contributed by atoms with van der Waals surface area (Å²) in [5.74, 6) is 0. The monoisotopic (exact) mass is 544 g/mol. The number of nitrogens with one attached hydrogen (secondary N) is 1. The summed E-state index contributed by atoms with van der Waals surface area (Å²) in [5.41, 5.74) is 1.37.